The van der Waals surface area contributed by atoms with Crippen LogP contribution in [-0.2, 0) is 11.8 Å². The third kappa shape index (κ3) is 3.32. The predicted octanol–water partition coefficient (Wildman–Crippen LogP) is 6.59. The van der Waals surface area contributed by atoms with E-state index in [9.17, 15) is 5.11 Å². The van der Waals surface area contributed by atoms with E-state index in [2.05, 4.69) is 58.0 Å². The van der Waals surface area contributed by atoms with Crippen LogP contribution in [-0.4, -0.2) is 5.11 Å². The van der Waals surface area contributed by atoms with E-state index in [0.717, 1.165) is 28.7 Å². The summed E-state index contributed by atoms with van der Waals surface area (Å²) in [6, 6.07) is 22.5. The minimum Gasteiger partial charge on any atom is -0.507 e. The van der Waals surface area contributed by atoms with Gasteiger partial charge in [0.05, 0.1) is 0 Å². The number of rotatable bonds is 3. The third-order valence-corrected chi connectivity index (χ3v) is 4.66. The van der Waals surface area contributed by atoms with Gasteiger partial charge in [-0.3, -0.25) is 0 Å². The van der Waals surface area contributed by atoms with Crippen LogP contribution in [0.3, 0.4) is 0 Å². The standard InChI is InChI=1S/C24H26O/c1-5-17-16-20(18-12-8-6-9-13-18)23(25)21(22(17)24(2,3)4)19-14-10-7-11-15-19/h6-16,25H,5H2,1-4H3. The summed E-state index contributed by atoms with van der Waals surface area (Å²) in [4.78, 5) is 0. The minimum absolute atomic E-state index is 0.0524. The Morgan fingerprint density at radius 2 is 1.32 bits per heavy atom. The molecule has 0 atom stereocenters. The van der Waals surface area contributed by atoms with Gasteiger partial charge in [0.2, 0.25) is 0 Å². The molecule has 3 rings (SSSR count). The van der Waals surface area contributed by atoms with Crippen molar-refractivity contribution in [2.45, 2.75) is 39.5 Å². The van der Waals surface area contributed by atoms with E-state index < -0.39 is 0 Å². The highest BCUT2D eigenvalue weighted by Crippen LogP contribution is 2.46. The van der Waals surface area contributed by atoms with Gasteiger partial charge in [0, 0.05) is 11.1 Å². The summed E-state index contributed by atoms with van der Waals surface area (Å²) >= 11 is 0. The van der Waals surface area contributed by atoms with E-state index in [1.165, 1.54) is 11.1 Å². The van der Waals surface area contributed by atoms with Crippen LogP contribution in [0.2, 0.25) is 0 Å². The van der Waals surface area contributed by atoms with Crippen molar-refractivity contribution in [2.24, 2.45) is 0 Å². The molecule has 0 fully saturated rings. The molecule has 0 saturated carbocycles. The first-order chi connectivity index (χ1) is 11.9. The van der Waals surface area contributed by atoms with Gasteiger partial charge in [-0.1, -0.05) is 88.4 Å². The maximum atomic E-state index is 11.3. The van der Waals surface area contributed by atoms with Crippen LogP contribution < -0.4 is 0 Å². The van der Waals surface area contributed by atoms with Gasteiger partial charge in [0.1, 0.15) is 5.75 Å². The quantitative estimate of drug-likeness (QED) is 0.574. The van der Waals surface area contributed by atoms with Crippen LogP contribution in [0.4, 0.5) is 0 Å². The lowest BCUT2D eigenvalue weighted by atomic mass is 9.76. The number of phenolic OH excluding ortho intramolecular Hbond substituents is 1. The van der Waals surface area contributed by atoms with Crippen molar-refractivity contribution in [3.8, 4) is 28.0 Å². The van der Waals surface area contributed by atoms with Crippen molar-refractivity contribution in [3.05, 3.63) is 77.9 Å². The largest absolute Gasteiger partial charge is 0.507 e. The number of benzene rings is 3. The molecule has 1 nitrogen and oxygen atoms in total. The van der Waals surface area contributed by atoms with Gasteiger partial charge in [-0.2, -0.15) is 0 Å². The van der Waals surface area contributed by atoms with E-state index in [-0.39, 0.29) is 5.41 Å². The van der Waals surface area contributed by atoms with Gasteiger partial charge in [-0.15, -0.1) is 0 Å². The Morgan fingerprint density at radius 3 is 1.80 bits per heavy atom. The molecule has 0 aliphatic carbocycles. The highest BCUT2D eigenvalue weighted by molar-refractivity contribution is 5.86. The number of aryl methyl sites for hydroxylation is 1. The highest BCUT2D eigenvalue weighted by Gasteiger charge is 2.26. The molecule has 3 aromatic rings. The molecule has 0 aliphatic rings. The number of aromatic hydroxyl groups is 1. The summed E-state index contributed by atoms with van der Waals surface area (Å²) in [6.07, 6.45) is 0.937. The van der Waals surface area contributed by atoms with Crippen LogP contribution in [0, 0.1) is 0 Å². The summed E-state index contributed by atoms with van der Waals surface area (Å²) in [5.74, 6) is 0.375. The van der Waals surface area contributed by atoms with Crippen molar-refractivity contribution < 1.29 is 5.11 Å². The van der Waals surface area contributed by atoms with Crippen molar-refractivity contribution in [1.29, 1.82) is 0 Å². The predicted molar refractivity (Wildman–Crippen MR) is 107 cm³/mol. The van der Waals surface area contributed by atoms with Gasteiger partial charge >= 0.3 is 0 Å². The fourth-order valence-electron chi connectivity index (χ4n) is 3.59. The van der Waals surface area contributed by atoms with Crippen molar-refractivity contribution in [2.75, 3.05) is 0 Å². The first-order valence-corrected chi connectivity index (χ1v) is 8.93. The molecule has 0 aromatic heterocycles. The molecule has 0 amide bonds. The van der Waals surface area contributed by atoms with Crippen LogP contribution in [0.15, 0.2) is 66.7 Å². The maximum Gasteiger partial charge on any atom is 0.131 e. The normalized spacial score (nSPS) is 11.5. The Balaban J connectivity index is 2.40. The van der Waals surface area contributed by atoms with Crippen LogP contribution >= 0.6 is 0 Å². The van der Waals surface area contributed by atoms with E-state index in [0.29, 0.717) is 5.75 Å². The monoisotopic (exact) mass is 330 g/mol. The van der Waals surface area contributed by atoms with Gasteiger partial charge in [-0.05, 0) is 40.2 Å². The topological polar surface area (TPSA) is 20.2 Å². The first kappa shape index (κ1) is 17.3. The molecule has 0 bridgehead atoms. The lowest BCUT2D eigenvalue weighted by molar-refractivity contribution is 0.475. The molecular weight excluding hydrogens is 304 g/mol. The molecule has 0 aliphatic heterocycles. The average molecular weight is 330 g/mol. The van der Waals surface area contributed by atoms with Gasteiger partial charge in [-0.25, -0.2) is 0 Å². The fourth-order valence-corrected chi connectivity index (χ4v) is 3.59. The minimum atomic E-state index is -0.0524. The van der Waals surface area contributed by atoms with E-state index >= 15 is 0 Å². The second-order valence-electron chi connectivity index (χ2n) is 7.52. The summed E-state index contributed by atoms with van der Waals surface area (Å²) in [6.45, 7) is 8.84. The molecule has 0 saturated heterocycles. The van der Waals surface area contributed by atoms with Crippen molar-refractivity contribution >= 4 is 0 Å². The van der Waals surface area contributed by atoms with Crippen LogP contribution in [0.1, 0.15) is 38.8 Å². The van der Waals surface area contributed by atoms with E-state index in [1.807, 2.05) is 36.4 Å². The average Bonchev–Trinajstić information content (AvgIpc) is 2.62. The van der Waals surface area contributed by atoms with Crippen molar-refractivity contribution in [3.63, 3.8) is 0 Å². The van der Waals surface area contributed by atoms with Crippen LogP contribution in [0.5, 0.6) is 5.75 Å². The molecule has 1 N–H and O–H groups in total. The third-order valence-electron chi connectivity index (χ3n) is 4.66. The summed E-state index contributed by atoms with van der Waals surface area (Å²) in [5, 5.41) is 11.3. The highest BCUT2D eigenvalue weighted by atomic mass is 16.3. The summed E-state index contributed by atoms with van der Waals surface area (Å²) in [5.41, 5.74) is 6.46. The molecule has 0 heterocycles. The van der Waals surface area contributed by atoms with E-state index in [1.54, 1.807) is 0 Å². The van der Waals surface area contributed by atoms with Gasteiger partial charge in [0.25, 0.3) is 0 Å². The fraction of sp³-hybridized carbons (Fsp3) is 0.250. The Hall–Kier alpha value is -2.54. The van der Waals surface area contributed by atoms with Gasteiger partial charge in [0.15, 0.2) is 0 Å². The zero-order valence-corrected chi connectivity index (χ0v) is 15.5. The van der Waals surface area contributed by atoms with Crippen LogP contribution in [0.25, 0.3) is 22.3 Å². The second-order valence-corrected chi connectivity index (χ2v) is 7.52. The lowest BCUT2D eigenvalue weighted by Crippen LogP contribution is -2.16. The Labute approximate surface area is 151 Å². The Morgan fingerprint density at radius 1 is 0.800 bits per heavy atom. The molecule has 0 unspecified atom stereocenters. The van der Waals surface area contributed by atoms with E-state index in [4.69, 9.17) is 0 Å². The lowest BCUT2D eigenvalue weighted by Gasteiger charge is -2.28. The number of hydrogen-bond donors (Lipinski definition) is 1. The molecule has 25 heavy (non-hydrogen) atoms. The Bertz CT molecular complexity index is 856. The number of hydrogen-bond acceptors (Lipinski definition) is 1. The smallest absolute Gasteiger partial charge is 0.131 e. The molecule has 0 spiro atoms. The molecule has 0 radical (unpaired) electrons. The molecule has 3 aromatic carbocycles. The summed E-state index contributed by atoms with van der Waals surface area (Å²) in [7, 11) is 0. The SMILES string of the molecule is CCc1cc(-c2ccccc2)c(O)c(-c2ccccc2)c1C(C)(C)C. The zero-order valence-electron chi connectivity index (χ0n) is 15.5. The number of phenols is 1. The zero-order chi connectivity index (χ0) is 18.0. The van der Waals surface area contributed by atoms with Gasteiger partial charge < -0.3 is 5.11 Å². The first-order valence-electron chi connectivity index (χ1n) is 8.93. The molecule has 128 valence electrons. The second kappa shape index (κ2) is 6.76. The Kier molecular flexibility index (Phi) is 4.67. The van der Waals surface area contributed by atoms with Crippen molar-refractivity contribution in [1.82, 2.24) is 0 Å². The molecule has 1 heteroatoms. The maximum absolute atomic E-state index is 11.3. The summed E-state index contributed by atoms with van der Waals surface area (Å²) < 4.78 is 0. The molecular formula is C24H26O.